The van der Waals surface area contributed by atoms with E-state index < -0.39 is 11.9 Å². The molecular formula is C25H17Cl3N2O4. The summed E-state index contributed by atoms with van der Waals surface area (Å²) >= 11 is 18.8. The molecule has 0 spiro atoms. The fraction of sp³-hybridized carbons (Fsp3) is 0.120. The number of benzene rings is 3. The van der Waals surface area contributed by atoms with Crippen molar-refractivity contribution < 1.29 is 19.0 Å². The van der Waals surface area contributed by atoms with E-state index in [1.807, 2.05) is 6.92 Å². The van der Waals surface area contributed by atoms with Crippen molar-refractivity contribution in [1.82, 2.24) is 0 Å². The van der Waals surface area contributed by atoms with Gasteiger partial charge in [0.25, 0.3) is 0 Å². The number of halogens is 3. The standard InChI is InChI=1S/C25H17Cl3N2O4/c1-13-9-14(6-8-18(13)26)32-12-22(31)33-15-5-7-16-21(10-15)34-25(30)17(11-29)23(16)24-19(27)3-2-4-20(24)28/h2-10,23H,12,30H2,1H3. The highest BCUT2D eigenvalue weighted by Gasteiger charge is 2.33. The highest BCUT2D eigenvalue weighted by molar-refractivity contribution is 6.36. The van der Waals surface area contributed by atoms with Crippen LogP contribution in [0, 0.1) is 18.3 Å². The summed E-state index contributed by atoms with van der Waals surface area (Å²) in [7, 11) is 0. The Hall–Kier alpha value is -3.37. The van der Waals surface area contributed by atoms with Crippen LogP contribution in [0.1, 0.15) is 22.6 Å². The molecule has 9 heteroatoms. The Morgan fingerprint density at radius 1 is 1.06 bits per heavy atom. The molecule has 3 aromatic carbocycles. The first-order chi connectivity index (χ1) is 16.3. The predicted octanol–water partition coefficient (Wildman–Crippen LogP) is 6.16. The second kappa shape index (κ2) is 9.86. The van der Waals surface area contributed by atoms with E-state index in [0.29, 0.717) is 37.7 Å². The molecule has 0 aromatic heterocycles. The third-order valence-corrected chi connectivity index (χ3v) is 6.28. The molecule has 172 valence electrons. The van der Waals surface area contributed by atoms with Crippen molar-refractivity contribution in [3.05, 3.63) is 97.8 Å². The van der Waals surface area contributed by atoms with Gasteiger partial charge in [-0.05, 0) is 48.9 Å². The topological polar surface area (TPSA) is 94.6 Å². The quantitative estimate of drug-likeness (QED) is 0.323. The van der Waals surface area contributed by atoms with Crippen LogP contribution in [-0.2, 0) is 4.79 Å². The molecule has 1 aliphatic rings. The smallest absolute Gasteiger partial charge is 0.349 e. The minimum absolute atomic E-state index is 0.0825. The summed E-state index contributed by atoms with van der Waals surface area (Å²) in [6, 6.07) is 17.0. The van der Waals surface area contributed by atoms with E-state index >= 15 is 0 Å². The van der Waals surface area contributed by atoms with Crippen LogP contribution in [0.25, 0.3) is 0 Å². The Balaban J connectivity index is 1.57. The van der Waals surface area contributed by atoms with Crippen LogP contribution in [0.15, 0.2) is 66.1 Å². The number of fused-ring (bicyclic) bond motifs is 1. The molecule has 1 heterocycles. The third kappa shape index (κ3) is 4.78. The monoisotopic (exact) mass is 514 g/mol. The predicted molar refractivity (Wildman–Crippen MR) is 130 cm³/mol. The average molecular weight is 516 g/mol. The number of nitrogens with two attached hydrogens (primary N) is 1. The van der Waals surface area contributed by atoms with Crippen LogP contribution < -0.4 is 19.9 Å². The van der Waals surface area contributed by atoms with Gasteiger partial charge in [0.05, 0.1) is 5.92 Å². The van der Waals surface area contributed by atoms with Crippen molar-refractivity contribution in [2.24, 2.45) is 5.73 Å². The summed E-state index contributed by atoms with van der Waals surface area (Å²) < 4.78 is 16.5. The van der Waals surface area contributed by atoms with Crippen LogP contribution in [0.3, 0.4) is 0 Å². The number of ether oxygens (including phenoxy) is 3. The van der Waals surface area contributed by atoms with Gasteiger partial charge in [0.15, 0.2) is 6.61 Å². The Kier molecular flexibility index (Phi) is 6.90. The van der Waals surface area contributed by atoms with Gasteiger partial charge in [-0.3, -0.25) is 0 Å². The van der Waals surface area contributed by atoms with Gasteiger partial charge in [-0.1, -0.05) is 46.9 Å². The fourth-order valence-electron chi connectivity index (χ4n) is 3.59. The molecule has 1 unspecified atom stereocenters. The molecule has 0 fully saturated rings. The number of nitrogens with zero attached hydrogens (tertiary/aromatic N) is 1. The lowest BCUT2D eigenvalue weighted by Crippen LogP contribution is -2.22. The van der Waals surface area contributed by atoms with E-state index in [1.54, 1.807) is 48.5 Å². The minimum Gasteiger partial charge on any atom is -0.482 e. The number of hydrogen-bond acceptors (Lipinski definition) is 6. The molecule has 1 atom stereocenters. The Bertz CT molecular complexity index is 1340. The zero-order valence-corrected chi connectivity index (χ0v) is 20.0. The minimum atomic E-state index is -0.642. The molecule has 3 aromatic rings. The van der Waals surface area contributed by atoms with Gasteiger partial charge in [0.1, 0.15) is 28.9 Å². The summed E-state index contributed by atoms with van der Waals surface area (Å²) in [4.78, 5) is 12.3. The van der Waals surface area contributed by atoms with Crippen molar-refractivity contribution >= 4 is 40.8 Å². The van der Waals surface area contributed by atoms with E-state index in [9.17, 15) is 10.1 Å². The van der Waals surface area contributed by atoms with Crippen molar-refractivity contribution in [2.45, 2.75) is 12.8 Å². The van der Waals surface area contributed by atoms with Crippen LogP contribution in [0.5, 0.6) is 17.2 Å². The first kappa shape index (κ1) is 23.8. The summed E-state index contributed by atoms with van der Waals surface area (Å²) in [5.74, 6) is -0.310. The van der Waals surface area contributed by atoms with Gasteiger partial charge in [0.2, 0.25) is 5.88 Å². The molecule has 34 heavy (non-hydrogen) atoms. The number of hydrogen-bond donors (Lipinski definition) is 1. The average Bonchev–Trinajstić information content (AvgIpc) is 2.79. The molecule has 4 rings (SSSR count). The number of carbonyl (C=O) groups excluding carboxylic acids is 1. The van der Waals surface area contributed by atoms with E-state index in [2.05, 4.69) is 6.07 Å². The number of carbonyl (C=O) groups is 1. The number of rotatable bonds is 5. The van der Waals surface area contributed by atoms with Crippen LogP contribution in [0.2, 0.25) is 15.1 Å². The number of esters is 1. The molecule has 0 radical (unpaired) electrons. The van der Waals surface area contributed by atoms with E-state index in [-0.39, 0.29) is 23.8 Å². The maximum atomic E-state index is 12.3. The highest BCUT2D eigenvalue weighted by Crippen LogP contribution is 2.47. The lowest BCUT2D eigenvalue weighted by atomic mass is 9.83. The molecule has 2 N–H and O–H groups in total. The Morgan fingerprint density at radius 2 is 1.76 bits per heavy atom. The first-order valence-electron chi connectivity index (χ1n) is 10.0. The lowest BCUT2D eigenvalue weighted by molar-refractivity contribution is -0.136. The zero-order chi connectivity index (χ0) is 24.4. The molecule has 0 saturated heterocycles. The van der Waals surface area contributed by atoms with Crippen LogP contribution in [0.4, 0.5) is 0 Å². The van der Waals surface area contributed by atoms with Gasteiger partial charge in [-0.15, -0.1) is 0 Å². The molecule has 6 nitrogen and oxygen atoms in total. The first-order valence-corrected chi connectivity index (χ1v) is 11.2. The summed E-state index contributed by atoms with van der Waals surface area (Å²) in [6.07, 6.45) is 0. The van der Waals surface area contributed by atoms with Gasteiger partial charge in [-0.25, -0.2) is 4.79 Å². The van der Waals surface area contributed by atoms with Crippen molar-refractivity contribution in [2.75, 3.05) is 6.61 Å². The molecule has 0 aliphatic carbocycles. The fourth-order valence-corrected chi connectivity index (χ4v) is 4.33. The third-order valence-electron chi connectivity index (χ3n) is 5.20. The van der Waals surface area contributed by atoms with Gasteiger partial charge >= 0.3 is 5.97 Å². The largest absolute Gasteiger partial charge is 0.482 e. The summed E-state index contributed by atoms with van der Waals surface area (Å²) in [6.45, 7) is 1.53. The Morgan fingerprint density at radius 3 is 2.44 bits per heavy atom. The Labute approximate surface area is 211 Å². The molecular weight excluding hydrogens is 499 g/mol. The number of aryl methyl sites for hydroxylation is 1. The van der Waals surface area contributed by atoms with E-state index in [0.717, 1.165) is 5.56 Å². The molecule has 0 saturated carbocycles. The number of nitriles is 1. The normalized spacial score (nSPS) is 14.6. The van der Waals surface area contributed by atoms with Crippen LogP contribution in [-0.4, -0.2) is 12.6 Å². The van der Waals surface area contributed by atoms with Gasteiger partial charge in [0, 0.05) is 32.3 Å². The van der Waals surface area contributed by atoms with Crippen molar-refractivity contribution in [3.63, 3.8) is 0 Å². The highest BCUT2D eigenvalue weighted by atomic mass is 35.5. The molecule has 0 bridgehead atoms. The molecule has 1 aliphatic heterocycles. The number of allylic oxidation sites excluding steroid dienone is 1. The maximum Gasteiger partial charge on any atom is 0.349 e. The van der Waals surface area contributed by atoms with Crippen LogP contribution >= 0.6 is 34.8 Å². The summed E-state index contributed by atoms with van der Waals surface area (Å²) in [5, 5.41) is 11.1. The summed E-state index contributed by atoms with van der Waals surface area (Å²) in [5.41, 5.74) is 8.18. The second-order valence-electron chi connectivity index (χ2n) is 7.43. The van der Waals surface area contributed by atoms with Gasteiger partial charge < -0.3 is 19.9 Å². The van der Waals surface area contributed by atoms with E-state index in [4.69, 9.17) is 54.7 Å². The van der Waals surface area contributed by atoms with Crippen molar-refractivity contribution in [3.8, 4) is 23.3 Å². The van der Waals surface area contributed by atoms with Crippen molar-refractivity contribution in [1.29, 1.82) is 5.26 Å². The maximum absolute atomic E-state index is 12.3. The molecule has 0 amide bonds. The lowest BCUT2D eigenvalue weighted by Gasteiger charge is -2.27. The SMILES string of the molecule is Cc1cc(OCC(=O)Oc2ccc3c(c2)OC(N)=C(C#N)C3c2c(Cl)cccc2Cl)ccc1Cl. The van der Waals surface area contributed by atoms with Gasteiger partial charge in [-0.2, -0.15) is 5.26 Å². The second-order valence-corrected chi connectivity index (χ2v) is 8.66. The zero-order valence-electron chi connectivity index (χ0n) is 17.8. The van der Waals surface area contributed by atoms with E-state index in [1.165, 1.54) is 6.07 Å².